The van der Waals surface area contributed by atoms with Crippen molar-refractivity contribution in [3.8, 4) is 0 Å². The lowest BCUT2D eigenvalue weighted by molar-refractivity contribution is -0.952. The number of piperidine rings is 2. The SMILES string of the molecule is C=CC[N+]1([C@H]2CC3C4CC[C@H]5C[C@H](OC(=O)C(C)C)[C@@H](N6CCCCC6)C[C@]5(C)C4CC[C@]3(C)[C@H]2OC(=O)C(C)C)CCCCC1. The molecule has 2 heterocycles. The molecule has 0 N–H and O–H groups in total. The van der Waals surface area contributed by atoms with Gasteiger partial charge in [-0.1, -0.05) is 54.5 Å². The van der Waals surface area contributed by atoms with Crippen molar-refractivity contribution in [2.75, 3.05) is 32.7 Å². The van der Waals surface area contributed by atoms with E-state index in [2.05, 4.69) is 31.4 Å². The van der Waals surface area contributed by atoms with Crippen LogP contribution in [0.5, 0.6) is 0 Å². The number of ether oxygens (including phenoxy) is 2. The first-order chi connectivity index (χ1) is 21.9. The number of esters is 2. The average molecular weight is 640 g/mol. The number of rotatable bonds is 8. The maximum absolute atomic E-state index is 13.4. The van der Waals surface area contributed by atoms with Crippen LogP contribution in [0, 0.1) is 46.3 Å². The Morgan fingerprint density at radius 1 is 0.848 bits per heavy atom. The highest BCUT2D eigenvalue weighted by Crippen LogP contribution is 2.68. The van der Waals surface area contributed by atoms with E-state index in [9.17, 15) is 9.59 Å². The Morgan fingerprint density at radius 2 is 1.50 bits per heavy atom. The largest absolute Gasteiger partial charge is 0.460 e. The minimum absolute atomic E-state index is 0.00999. The van der Waals surface area contributed by atoms with Gasteiger partial charge in [0.1, 0.15) is 12.1 Å². The molecule has 4 aliphatic carbocycles. The van der Waals surface area contributed by atoms with Gasteiger partial charge in [0.05, 0.1) is 31.5 Å². The molecular formula is C40H67N2O4+. The lowest BCUT2D eigenvalue weighted by Gasteiger charge is -2.62. The minimum Gasteiger partial charge on any atom is -0.460 e. The first kappa shape index (κ1) is 34.5. The van der Waals surface area contributed by atoms with Crippen molar-refractivity contribution in [3.05, 3.63) is 12.7 Å². The molecule has 0 bridgehead atoms. The van der Waals surface area contributed by atoms with Gasteiger partial charge in [0, 0.05) is 17.9 Å². The number of carbonyl (C=O) groups excluding carboxylic acids is 2. The molecule has 46 heavy (non-hydrogen) atoms. The zero-order valence-corrected chi connectivity index (χ0v) is 30.3. The summed E-state index contributed by atoms with van der Waals surface area (Å²) < 4.78 is 14.2. The fraction of sp³-hybridized carbons (Fsp3) is 0.900. The van der Waals surface area contributed by atoms with E-state index in [1.54, 1.807) is 0 Å². The van der Waals surface area contributed by atoms with E-state index in [4.69, 9.17) is 9.47 Å². The molecule has 6 heteroatoms. The highest BCUT2D eigenvalue weighted by atomic mass is 16.6. The van der Waals surface area contributed by atoms with Gasteiger partial charge in [-0.2, -0.15) is 0 Å². The van der Waals surface area contributed by atoms with Crippen molar-refractivity contribution in [1.82, 2.24) is 4.90 Å². The molecule has 3 unspecified atom stereocenters. The predicted octanol–water partition coefficient (Wildman–Crippen LogP) is 7.79. The second kappa shape index (κ2) is 13.5. The molecule has 4 saturated carbocycles. The van der Waals surface area contributed by atoms with E-state index in [1.165, 1.54) is 77.3 Å². The van der Waals surface area contributed by atoms with E-state index in [-0.39, 0.29) is 46.8 Å². The standard InChI is InChI=1S/C40H67N2O4/c1-8-21-42(22-13-10-14-23-42)34-25-32-30-16-15-29-24-35(45-37(43)27(2)3)33(41-19-11-9-12-20-41)26-40(29,7)31(30)17-18-39(32,6)36(34)46-38(44)28(4)5/h8,27-36H,1,9-26H2,2-7H3/q+1/t29-,30?,31?,32?,33-,34-,35-,36-,39-,40-/m0/s1. The van der Waals surface area contributed by atoms with Gasteiger partial charge in [-0.05, 0) is 119 Å². The summed E-state index contributed by atoms with van der Waals surface area (Å²) in [5, 5.41) is 0. The number of fused-ring (bicyclic) bond motifs is 5. The molecule has 10 atom stereocenters. The Balaban J connectivity index is 1.31. The first-order valence-corrected chi connectivity index (χ1v) is 19.5. The van der Waals surface area contributed by atoms with Crippen molar-refractivity contribution < 1.29 is 23.5 Å². The Bertz CT molecular complexity index is 1110. The lowest BCUT2D eigenvalue weighted by Crippen LogP contribution is -2.63. The quantitative estimate of drug-likeness (QED) is 0.154. The molecule has 6 aliphatic rings. The number of nitrogens with zero attached hydrogens (tertiary/aromatic N) is 2. The number of hydrogen-bond acceptors (Lipinski definition) is 5. The fourth-order valence-electron chi connectivity index (χ4n) is 12.3. The van der Waals surface area contributed by atoms with Crippen LogP contribution in [0.2, 0.25) is 0 Å². The smallest absolute Gasteiger partial charge is 0.308 e. The van der Waals surface area contributed by atoms with Crippen molar-refractivity contribution in [3.63, 3.8) is 0 Å². The van der Waals surface area contributed by atoms with Gasteiger partial charge in [0.2, 0.25) is 0 Å². The molecule has 0 spiro atoms. The molecule has 2 saturated heterocycles. The van der Waals surface area contributed by atoms with E-state index in [0.717, 1.165) is 43.4 Å². The predicted molar refractivity (Wildman–Crippen MR) is 184 cm³/mol. The minimum atomic E-state index is -0.102. The molecular weight excluding hydrogens is 572 g/mol. The highest BCUT2D eigenvalue weighted by molar-refractivity contribution is 5.72. The molecule has 0 aromatic rings. The third-order valence-corrected chi connectivity index (χ3v) is 14.8. The summed E-state index contributed by atoms with van der Waals surface area (Å²) in [5.74, 6) is 2.34. The zero-order valence-electron chi connectivity index (χ0n) is 30.3. The molecule has 6 nitrogen and oxygen atoms in total. The summed E-state index contributed by atoms with van der Waals surface area (Å²) in [5.41, 5.74) is 0.285. The summed E-state index contributed by atoms with van der Waals surface area (Å²) in [4.78, 5) is 29.1. The highest BCUT2D eigenvalue weighted by Gasteiger charge is 2.67. The maximum Gasteiger partial charge on any atom is 0.308 e. The van der Waals surface area contributed by atoms with Crippen molar-refractivity contribution in [2.45, 2.75) is 149 Å². The van der Waals surface area contributed by atoms with Crippen LogP contribution in [-0.4, -0.2) is 78.3 Å². The van der Waals surface area contributed by atoms with E-state index in [0.29, 0.717) is 35.8 Å². The Hall–Kier alpha value is -1.40. The molecule has 0 aromatic heterocycles. The molecule has 0 amide bonds. The molecule has 0 radical (unpaired) electrons. The fourth-order valence-corrected chi connectivity index (χ4v) is 12.3. The lowest BCUT2D eigenvalue weighted by atomic mass is 9.44. The third-order valence-electron chi connectivity index (χ3n) is 14.8. The van der Waals surface area contributed by atoms with Crippen LogP contribution in [-0.2, 0) is 19.1 Å². The second-order valence-electron chi connectivity index (χ2n) is 17.9. The van der Waals surface area contributed by atoms with Gasteiger partial charge in [0.15, 0.2) is 6.10 Å². The number of hydrogen-bond donors (Lipinski definition) is 0. The molecule has 6 fully saturated rings. The van der Waals surface area contributed by atoms with Gasteiger partial charge in [-0.3, -0.25) is 14.5 Å². The van der Waals surface area contributed by atoms with Gasteiger partial charge >= 0.3 is 11.9 Å². The van der Waals surface area contributed by atoms with Crippen molar-refractivity contribution in [2.24, 2.45) is 46.3 Å². The Labute approximate surface area is 281 Å². The van der Waals surface area contributed by atoms with Crippen molar-refractivity contribution >= 4 is 11.9 Å². The van der Waals surface area contributed by atoms with Gasteiger partial charge in [-0.25, -0.2) is 0 Å². The average Bonchev–Trinajstić information content (AvgIpc) is 3.34. The topological polar surface area (TPSA) is 55.8 Å². The molecule has 2 aliphatic heterocycles. The first-order valence-electron chi connectivity index (χ1n) is 19.5. The monoisotopic (exact) mass is 640 g/mol. The number of likely N-dealkylation sites (tertiary alicyclic amines) is 2. The van der Waals surface area contributed by atoms with Crippen LogP contribution in [0.25, 0.3) is 0 Å². The summed E-state index contributed by atoms with van der Waals surface area (Å²) in [6.45, 7) is 23.0. The number of carbonyl (C=O) groups is 2. The summed E-state index contributed by atoms with van der Waals surface area (Å²) in [6.07, 6.45) is 18.1. The van der Waals surface area contributed by atoms with Gasteiger partial charge in [-0.15, -0.1) is 0 Å². The zero-order chi connectivity index (χ0) is 32.9. The van der Waals surface area contributed by atoms with Crippen LogP contribution in [0.3, 0.4) is 0 Å². The Morgan fingerprint density at radius 3 is 2.15 bits per heavy atom. The Kier molecular flexibility index (Phi) is 10.1. The van der Waals surface area contributed by atoms with Crippen LogP contribution in [0.4, 0.5) is 0 Å². The second-order valence-corrected chi connectivity index (χ2v) is 17.9. The molecule has 6 rings (SSSR count). The van der Waals surface area contributed by atoms with Crippen LogP contribution in [0.1, 0.15) is 125 Å². The number of quaternary nitrogens is 1. The van der Waals surface area contributed by atoms with Crippen LogP contribution >= 0.6 is 0 Å². The molecule has 260 valence electrons. The summed E-state index contributed by atoms with van der Waals surface area (Å²) >= 11 is 0. The normalized spacial score (nSPS) is 42.5. The van der Waals surface area contributed by atoms with Gasteiger partial charge < -0.3 is 14.0 Å². The van der Waals surface area contributed by atoms with E-state index in [1.807, 2.05) is 27.7 Å². The maximum atomic E-state index is 13.4. The van der Waals surface area contributed by atoms with E-state index < -0.39 is 0 Å². The summed E-state index contributed by atoms with van der Waals surface area (Å²) in [7, 11) is 0. The van der Waals surface area contributed by atoms with Crippen molar-refractivity contribution in [1.29, 1.82) is 0 Å². The molecule has 0 aromatic carbocycles. The van der Waals surface area contributed by atoms with Crippen LogP contribution in [0.15, 0.2) is 12.7 Å². The van der Waals surface area contributed by atoms with Gasteiger partial charge in [0.25, 0.3) is 0 Å². The third kappa shape index (κ3) is 6.03. The van der Waals surface area contributed by atoms with E-state index >= 15 is 0 Å². The summed E-state index contributed by atoms with van der Waals surface area (Å²) in [6, 6.07) is 0.703. The van der Waals surface area contributed by atoms with Crippen LogP contribution < -0.4 is 0 Å².